The van der Waals surface area contributed by atoms with Gasteiger partial charge >= 0.3 is 0 Å². The summed E-state index contributed by atoms with van der Waals surface area (Å²) in [7, 11) is 1.57. The molecule has 21 heavy (non-hydrogen) atoms. The van der Waals surface area contributed by atoms with Crippen molar-refractivity contribution in [1.82, 2.24) is 9.97 Å². The zero-order valence-electron chi connectivity index (χ0n) is 11.9. The third-order valence-electron chi connectivity index (χ3n) is 2.77. The highest BCUT2D eigenvalue weighted by molar-refractivity contribution is 5.68. The van der Waals surface area contributed by atoms with Crippen LogP contribution in [0.25, 0.3) is 11.4 Å². The van der Waals surface area contributed by atoms with Crippen molar-refractivity contribution in [3.05, 3.63) is 46.1 Å². The number of para-hydroxylation sites is 1. The van der Waals surface area contributed by atoms with Crippen molar-refractivity contribution in [3.8, 4) is 11.4 Å². The number of ether oxygens (including phenoxy) is 1. The molecular formula is C14H16N4O3. The minimum atomic E-state index is -0.436. The van der Waals surface area contributed by atoms with E-state index in [2.05, 4.69) is 15.3 Å². The van der Waals surface area contributed by atoms with E-state index in [0.717, 1.165) is 0 Å². The maximum absolute atomic E-state index is 11.1. The van der Waals surface area contributed by atoms with Crippen LogP contribution in [-0.4, -0.2) is 28.5 Å². The van der Waals surface area contributed by atoms with Crippen molar-refractivity contribution in [2.24, 2.45) is 0 Å². The molecule has 1 aromatic carbocycles. The van der Waals surface area contributed by atoms with Crippen molar-refractivity contribution in [2.75, 3.05) is 19.0 Å². The minimum Gasteiger partial charge on any atom is -0.378 e. The largest absolute Gasteiger partial charge is 0.378 e. The lowest BCUT2D eigenvalue weighted by molar-refractivity contribution is -0.384. The van der Waals surface area contributed by atoms with Crippen LogP contribution in [0.15, 0.2) is 30.3 Å². The van der Waals surface area contributed by atoms with Gasteiger partial charge in [-0.15, -0.1) is 0 Å². The summed E-state index contributed by atoms with van der Waals surface area (Å²) >= 11 is 0. The van der Waals surface area contributed by atoms with E-state index in [-0.39, 0.29) is 5.69 Å². The summed E-state index contributed by atoms with van der Waals surface area (Å²) in [6, 6.07) is 8.19. The van der Waals surface area contributed by atoms with Crippen LogP contribution in [0.1, 0.15) is 12.6 Å². The molecule has 0 aliphatic heterocycles. The molecule has 0 amide bonds. The Hall–Kier alpha value is -2.54. The molecule has 0 saturated heterocycles. The number of nitro groups is 1. The standard InChI is InChI=1S/C14H16N4O3/c1-3-15-13-8-10(9-21-2)16-14(17-13)11-6-4-5-7-12(11)18(19)20/h4-8H,3,9H2,1-2H3,(H,15,16,17). The fourth-order valence-electron chi connectivity index (χ4n) is 1.93. The van der Waals surface area contributed by atoms with Crippen molar-refractivity contribution in [2.45, 2.75) is 13.5 Å². The Morgan fingerprint density at radius 3 is 2.76 bits per heavy atom. The van der Waals surface area contributed by atoms with E-state index in [1.165, 1.54) is 6.07 Å². The first-order chi connectivity index (χ1) is 10.2. The maximum atomic E-state index is 11.1. The molecule has 0 fully saturated rings. The summed E-state index contributed by atoms with van der Waals surface area (Å²) < 4.78 is 5.08. The summed E-state index contributed by atoms with van der Waals surface area (Å²) in [6.07, 6.45) is 0. The van der Waals surface area contributed by atoms with Crippen LogP contribution >= 0.6 is 0 Å². The van der Waals surface area contributed by atoms with E-state index in [4.69, 9.17) is 4.74 Å². The summed E-state index contributed by atoms with van der Waals surface area (Å²) in [5.41, 5.74) is 1.03. The van der Waals surface area contributed by atoms with Gasteiger partial charge in [0.15, 0.2) is 5.82 Å². The van der Waals surface area contributed by atoms with Crippen LogP contribution in [0.3, 0.4) is 0 Å². The SMILES string of the molecule is CCNc1cc(COC)nc(-c2ccccc2[N+](=O)[O-])n1. The third-order valence-corrected chi connectivity index (χ3v) is 2.77. The number of rotatable bonds is 6. The van der Waals surface area contributed by atoms with Crippen LogP contribution in [-0.2, 0) is 11.3 Å². The second-order valence-corrected chi connectivity index (χ2v) is 4.31. The zero-order valence-corrected chi connectivity index (χ0v) is 11.9. The normalized spacial score (nSPS) is 10.4. The average molecular weight is 288 g/mol. The predicted molar refractivity (Wildman–Crippen MR) is 79.0 cm³/mol. The smallest absolute Gasteiger partial charge is 0.280 e. The van der Waals surface area contributed by atoms with Gasteiger partial charge in [-0.3, -0.25) is 10.1 Å². The molecule has 0 aliphatic carbocycles. The van der Waals surface area contributed by atoms with Crippen LogP contribution in [0, 0.1) is 10.1 Å². The Morgan fingerprint density at radius 2 is 2.10 bits per heavy atom. The quantitative estimate of drug-likeness (QED) is 0.649. The van der Waals surface area contributed by atoms with Crippen molar-refractivity contribution < 1.29 is 9.66 Å². The molecule has 0 spiro atoms. The molecule has 0 atom stereocenters. The summed E-state index contributed by atoms with van der Waals surface area (Å²) in [5, 5.41) is 14.2. The number of anilines is 1. The number of hydrogen-bond donors (Lipinski definition) is 1. The Morgan fingerprint density at radius 1 is 1.33 bits per heavy atom. The van der Waals surface area contributed by atoms with Gasteiger partial charge < -0.3 is 10.1 Å². The third kappa shape index (κ3) is 3.51. The molecule has 7 nitrogen and oxygen atoms in total. The molecular weight excluding hydrogens is 272 g/mol. The first-order valence-electron chi connectivity index (χ1n) is 6.50. The highest BCUT2D eigenvalue weighted by Crippen LogP contribution is 2.27. The van der Waals surface area contributed by atoms with Gasteiger partial charge in [-0.25, -0.2) is 9.97 Å². The number of hydrogen-bond acceptors (Lipinski definition) is 6. The molecule has 7 heteroatoms. The van der Waals surface area contributed by atoms with Gasteiger partial charge in [0, 0.05) is 25.8 Å². The van der Waals surface area contributed by atoms with E-state index >= 15 is 0 Å². The molecule has 0 radical (unpaired) electrons. The highest BCUT2D eigenvalue weighted by atomic mass is 16.6. The highest BCUT2D eigenvalue weighted by Gasteiger charge is 2.17. The van der Waals surface area contributed by atoms with Gasteiger partial charge in [0.05, 0.1) is 22.8 Å². The molecule has 2 rings (SSSR count). The predicted octanol–water partition coefficient (Wildman–Crippen LogP) is 2.63. The number of nitrogens with zero attached hydrogens (tertiary/aromatic N) is 3. The van der Waals surface area contributed by atoms with Crippen LogP contribution in [0.4, 0.5) is 11.5 Å². The van der Waals surface area contributed by atoms with Gasteiger partial charge in [-0.05, 0) is 13.0 Å². The van der Waals surface area contributed by atoms with Gasteiger partial charge in [0.25, 0.3) is 5.69 Å². The molecule has 0 saturated carbocycles. The molecule has 0 aliphatic rings. The average Bonchev–Trinajstić information content (AvgIpc) is 2.47. The molecule has 0 bridgehead atoms. The topological polar surface area (TPSA) is 90.2 Å². The van der Waals surface area contributed by atoms with Gasteiger partial charge in [0.2, 0.25) is 0 Å². The van der Waals surface area contributed by atoms with E-state index in [9.17, 15) is 10.1 Å². The first-order valence-corrected chi connectivity index (χ1v) is 6.50. The number of nitrogens with one attached hydrogen (secondary N) is 1. The summed E-state index contributed by atoms with van der Waals surface area (Å²) in [6.45, 7) is 2.96. The van der Waals surface area contributed by atoms with E-state index in [1.54, 1.807) is 31.4 Å². The fourth-order valence-corrected chi connectivity index (χ4v) is 1.93. The van der Waals surface area contributed by atoms with Crippen LogP contribution < -0.4 is 5.32 Å². The minimum absolute atomic E-state index is 0.0190. The molecule has 110 valence electrons. The fraction of sp³-hybridized carbons (Fsp3) is 0.286. The molecule has 1 aromatic heterocycles. The van der Waals surface area contributed by atoms with Crippen LogP contribution in [0.5, 0.6) is 0 Å². The monoisotopic (exact) mass is 288 g/mol. The second-order valence-electron chi connectivity index (χ2n) is 4.31. The van der Waals surface area contributed by atoms with Crippen molar-refractivity contribution >= 4 is 11.5 Å². The molecule has 0 unspecified atom stereocenters. The molecule has 2 aromatic rings. The number of aromatic nitrogens is 2. The van der Waals surface area contributed by atoms with E-state index in [1.807, 2.05) is 6.92 Å². The lowest BCUT2D eigenvalue weighted by Gasteiger charge is -2.09. The summed E-state index contributed by atoms with van der Waals surface area (Å²) in [5.74, 6) is 0.931. The number of methoxy groups -OCH3 is 1. The Labute approximate surface area is 122 Å². The molecule has 1 heterocycles. The Balaban J connectivity index is 2.54. The number of benzene rings is 1. The van der Waals surface area contributed by atoms with Gasteiger partial charge in [0.1, 0.15) is 5.82 Å². The maximum Gasteiger partial charge on any atom is 0.280 e. The van der Waals surface area contributed by atoms with E-state index < -0.39 is 4.92 Å². The van der Waals surface area contributed by atoms with Crippen molar-refractivity contribution in [1.29, 1.82) is 0 Å². The van der Waals surface area contributed by atoms with Crippen molar-refractivity contribution in [3.63, 3.8) is 0 Å². The second kappa shape index (κ2) is 6.76. The lowest BCUT2D eigenvalue weighted by Crippen LogP contribution is -2.05. The van der Waals surface area contributed by atoms with Crippen LogP contribution in [0.2, 0.25) is 0 Å². The number of nitro benzene ring substituents is 1. The lowest BCUT2D eigenvalue weighted by atomic mass is 10.1. The first kappa shape index (κ1) is 14.9. The zero-order chi connectivity index (χ0) is 15.2. The summed E-state index contributed by atoms with van der Waals surface area (Å²) in [4.78, 5) is 19.4. The van der Waals surface area contributed by atoms with Gasteiger partial charge in [-0.1, -0.05) is 12.1 Å². The Bertz CT molecular complexity index is 622. The Kier molecular flexibility index (Phi) is 4.78. The van der Waals surface area contributed by atoms with E-state index in [0.29, 0.717) is 36.1 Å². The molecule has 1 N–H and O–H groups in total. The van der Waals surface area contributed by atoms with Gasteiger partial charge in [-0.2, -0.15) is 0 Å².